The molecule has 15 heavy (non-hydrogen) atoms. The van der Waals surface area contributed by atoms with E-state index in [0.29, 0.717) is 0 Å². The van der Waals surface area contributed by atoms with Crippen LogP contribution in [0.25, 0.3) is 0 Å². The van der Waals surface area contributed by atoms with Crippen LogP contribution in [0.5, 0.6) is 0 Å². The van der Waals surface area contributed by atoms with Crippen molar-refractivity contribution in [1.82, 2.24) is 0 Å². The van der Waals surface area contributed by atoms with Crippen LogP contribution >= 0.6 is 27.3 Å². The standard InChI is InChI=1S/C11H18BrNOS/c1-11(2,14-3)7-6-8(13)9-4-5-10(12)15-9/h4-5,8H,6-7,13H2,1-3H3. The molecule has 0 aromatic carbocycles. The Bertz CT molecular complexity index is 311. The Morgan fingerprint density at radius 1 is 1.53 bits per heavy atom. The molecule has 0 radical (unpaired) electrons. The van der Waals surface area contributed by atoms with Crippen molar-refractivity contribution in [3.63, 3.8) is 0 Å². The maximum absolute atomic E-state index is 6.10. The first-order valence-electron chi connectivity index (χ1n) is 5.00. The van der Waals surface area contributed by atoms with Crippen molar-refractivity contribution in [2.45, 2.75) is 38.3 Å². The predicted molar refractivity (Wildman–Crippen MR) is 69.3 cm³/mol. The van der Waals surface area contributed by atoms with Crippen LogP contribution in [-0.2, 0) is 4.74 Å². The van der Waals surface area contributed by atoms with Gasteiger partial charge in [-0.05, 0) is 54.8 Å². The molecule has 86 valence electrons. The van der Waals surface area contributed by atoms with E-state index >= 15 is 0 Å². The molecule has 0 aliphatic rings. The number of methoxy groups -OCH3 is 1. The molecule has 0 aliphatic carbocycles. The molecule has 1 aromatic rings. The van der Waals surface area contributed by atoms with Crippen molar-refractivity contribution < 1.29 is 4.74 Å². The number of thiophene rings is 1. The summed E-state index contributed by atoms with van der Waals surface area (Å²) in [5.74, 6) is 0. The van der Waals surface area contributed by atoms with E-state index in [1.54, 1.807) is 18.4 Å². The minimum atomic E-state index is -0.0773. The summed E-state index contributed by atoms with van der Waals surface area (Å²) in [5, 5.41) is 0. The first kappa shape index (κ1) is 13.2. The van der Waals surface area contributed by atoms with Gasteiger partial charge in [-0.1, -0.05) is 0 Å². The van der Waals surface area contributed by atoms with Gasteiger partial charge in [0.1, 0.15) is 0 Å². The normalized spacial score (nSPS) is 14.2. The maximum atomic E-state index is 6.10. The lowest BCUT2D eigenvalue weighted by atomic mass is 9.99. The topological polar surface area (TPSA) is 35.2 Å². The van der Waals surface area contributed by atoms with E-state index in [1.807, 2.05) is 6.07 Å². The van der Waals surface area contributed by atoms with Gasteiger partial charge in [0.15, 0.2) is 0 Å². The molecular weight excluding hydrogens is 274 g/mol. The highest BCUT2D eigenvalue weighted by molar-refractivity contribution is 9.11. The SMILES string of the molecule is COC(C)(C)CCC(N)c1ccc(Br)s1. The summed E-state index contributed by atoms with van der Waals surface area (Å²) in [6.07, 6.45) is 1.92. The molecule has 0 saturated carbocycles. The number of rotatable bonds is 5. The van der Waals surface area contributed by atoms with Crippen LogP contribution in [0.15, 0.2) is 15.9 Å². The molecule has 4 heteroatoms. The molecule has 0 saturated heterocycles. The predicted octanol–water partition coefficient (Wildman–Crippen LogP) is 3.72. The van der Waals surface area contributed by atoms with E-state index in [4.69, 9.17) is 10.5 Å². The van der Waals surface area contributed by atoms with Crippen LogP contribution in [-0.4, -0.2) is 12.7 Å². The first-order valence-corrected chi connectivity index (χ1v) is 6.61. The zero-order valence-electron chi connectivity index (χ0n) is 9.42. The molecule has 0 spiro atoms. The fraction of sp³-hybridized carbons (Fsp3) is 0.636. The van der Waals surface area contributed by atoms with Gasteiger partial charge in [-0.15, -0.1) is 11.3 Å². The van der Waals surface area contributed by atoms with Crippen molar-refractivity contribution in [3.05, 3.63) is 20.8 Å². The number of halogens is 1. The highest BCUT2D eigenvalue weighted by Gasteiger charge is 2.18. The molecule has 0 bridgehead atoms. The minimum absolute atomic E-state index is 0.0773. The highest BCUT2D eigenvalue weighted by atomic mass is 79.9. The van der Waals surface area contributed by atoms with Crippen molar-refractivity contribution in [2.24, 2.45) is 5.73 Å². The van der Waals surface area contributed by atoms with E-state index in [9.17, 15) is 0 Å². The average Bonchev–Trinajstić information content (AvgIpc) is 2.61. The van der Waals surface area contributed by atoms with Crippen molar-refractivity contribution in [3.8, 4) is 0 Å². The molecule has 2 N–H and O–H groups in total. The Morgan fingerprint density at radius 3 is 2.67 bits per heavy atom. The summed E-state index contributed by atoms with van der Waals surface area (Å²) in [5.41, 5.74) is 6.03. The zero-order valence-corrected chi connectivity index (χ0v) is 11.8. The molecule has 1 unspecified atom stereocenters. The third kappa shape index (κ3) is 4.23. The van der Waals surface area contributed by atoms with Crippen LogP contribution in [0.3, 0.4) is 0 Å². The summed E-state index contributed by atoms with van der Waals surface area (Å²) in [4.78, 5) is 1.23. The third-order valence-electron chi connectivity index (χ3n) is 2.57. The monoisotopic (exact) mass is 291 g/mol. The smallest absolute Gasteiger partial charge is 0.0701 e. The van der Waals surface area contributed by atoms with Crippen LogP contribution < -0.4 is 5.73 Å². The zero-order chi connectivity index (χ0) is 11.5. The van der Waals surface area contributed by atoms with E-state index in [0.717, 1.165) is 16.6 Å². The van der Waals surface area contributed by atoms with E-state index in [-0.39, 0.29) is 11.6 Å². The number of hydrogen-bond donors (Lipinski definition) is 1. The molecule has 0 fully saturated rings. The third-order valence-corrected chi connectivity index (χ3v) is 4.32. The summed E-state index contributed by atoms with van der Waals surface area (Å²) in [6, 6.07) is 4.25. The van der Waals surface area contributed by atoms with Gasteiger partial charge in [-0.3, -0.25) is 0 Å². The molecule has 2 nitrogen and oxygen atoms in total. The summed E-state index contributed by atoms with van der Waals surface area (Å²) in [6.45, 7) is 4.17. The highest BCUT2D eigenvalue weighted by Crippen LogP contribution is 2.30. The molecule has 1 aromatic heterocycles. The van der Waals surface area contributed by atoms with Crippen LogP contribution in [0.4, 0.5) is 0 Å². The van der Waals surface area contributed by atoms with Gasteiger partial charge in [0, 0.05) is 18.0 Å². The molecule has 1 rings (SSSR count). The summed E-state index contributed by atoms with van der Waals surface area (Å²) in [7, 11) is 1.74. The fourth-order valence-corrected chi connectivity index (χ4v) is 2.73. The quantitative estimate of drug-likeness (QED) is 0.897. The van der Waals surface area contributed by atoms with E-state index in [2.05, 4.69) is 35.8 Å². The molecule has 1 heterocycles. The Morgan fingerprint density at radius 2 is 2.20 bits per heavy atom. The van der Waals surface area contributed by atoms with Gasteiger partial charge in [0.2, 0.25) is 0 Å². The van der Waals surface area contributed by atoms with Crippen molar-refractivity contribution in [1.29, 1.82) is 0 Å². The van der Waals surface area contributed by atoms with Gasteiger partial charge < -0.3 is 10.5 Å². The number of ether oxygens (including phenoxy) is 1. The number of hydrogen-bond acceptors (Lipinski definition) is 3. The van der Waals surface area contributed by atoms with Gasteiger partial charge >= 0.3 is 0 Å². The number of nitrogens with two attached hydrogens (primary N) is 1. The summed E-state index contributed by atoms with van der Waals surface area (Å²) < 4.78 is 6.51. The van der Waals surface area contributed by atoms with Gasteiger partial charge in [0.05, 0.1) is 9.39 Å². The van der Waals surface area contributed by atoms with Crippen molar-refractivity contribution >= 4 is 27.3 Å². The molecule has 1 atom stereocenters. The second kappa shape index (κ2) is 5.43. The van der Waals surface area contributed by atoms with Crippen LogP contribution in [0, 0.1) is 0 Å². The maximum Gasteiger partial charge on any atom is 0.0701 e. The Labute approximate surface area is 104 Å². The van der Waals surface area contributed by atoms with Gasteiger partial charge in [0.25, 0.3) is 0 Å². The Balaban J connectivity index is 2.46. The molecular formula is C11H18BrNOS. The van der Waals surface area contributed by atoms with Gasteiger partial charge in [-0.25, -0.2) is 0 Å². The lowest BCUT2D eigenvalue weighted by Gasteiger charge is -2.24. The largest absolute Gasteiger partial charge is 0.379 e. The van der Waals surface area contributed by atoms with Crippen LogP contribution in [0.2, 0.25) is 0 Å². The van der Waals surface area contributed by atoms with Crippen LogP contribution in [0.1, 0.15) is 37.6 Å². The fourth-order valence-electron chi connectivity index (χ4n) is 1.27. The second-order valence-corrected chi connectivity index (χ2v) is 6.75. The minimum Gasteiger partial charge on any atom is -0.379 e. The summed E-state index contributed by atoms with van der Waals surface area (Å²) >= 11 is 5.15. The Kier molecular flexibility index (Phi) is 4.77. The lowest BCUT2D eigenvalue weighted by molar-refractivity contribution is 0.0125. The Hall–Kier alpha value is 0.1000. The lowest BCUT2D eigenvalue weighted by Crippen LogP contribution is -2.24. The molecule has 0 amide bonds. The van der Waals surface area contributed by atoms with E-state index in [1.165, 1.54) is 4.88 Å². The first-order chi connectivity index (χ1) is 6.94. The second-order valence-electron chi connectivity index (χ2n) is 4.25. The van der Waals surface area contributed by atoms with Crippen molar-refractivity contribution in [2.75, 3.05) is 7.11 Å². The van der Waals surface area contributed by atoms with E-state index < -0.39 is 0 Å². The average molecular weight is 292 g/mol. The van der Waals surface area contributed by atoms with Gasteiger partial charge in [-0.2, -0.15) is 0 Å². The molecule has 0 aliphatic heterocycles.